The van der Waals surface area contributed by atoms with Gasteiger partial charge in [-0.05, 0) is 47.4 Å². The van der Waals surface area contributed by atoms with Crippen LogP contribution < -0.4 is 11.5 Å². The molecule has 2 aromatic carbocycles. The first-order chi connectivity index (χ1) is 11.1. The van der Waals surface area contributed by atoms with Gasteiger partial charge in [-0.3, -0.25) is 0 Å². The smallest absolute Gasteiger partial charge is 0.126 e. The number of nitrogen functional groups attached to an aromatic ring is 2. The fourth-order valence-corrected chi connectivity index (χ4v) is 2.59. The Morgan fingerprint density at radius 2 is 1.52 bits per heavy atom. The van der Waals surface area contributed by atoms with E-state index in [1.54, 1.807) is 0 Å². The van der Waals surface area contributed by atoms with Crippen molar-refractivity contribution in [3.05, 3.63) is 89.0 Å². The highest BCUT2D eigenvalue weighted by molar-refractivity contribution is 5.92. The molecule has 114 valence electrons. The molecule has 23 heavy (non-hydrogen) atoms. The van der Waals surface area contributed by atoms with E-state index in [4.69, 9.17) is 11.5 Å². The lowest BCUT2D eigenvalue weighted by Crippen LogP contribution is -1.99. The van der Waals surface area contributed by atoms with Crippen LogP contribution in [0.4, 0.5) is 11.6 Å². The number of pyridine rings is 1. The molecule has 3 nitrogen and oxygen atoms in total. The third kappa shape index (κ3) is 3.58. The van der Waals surface area contributed by atoms with Crippen LogP contribution in [0.1, 0.15) is 22.3 Å². The van der Waals surface area contributed by atoms with Crippen molar-refractivity contribution in [1.82, 2.24) is 4.98 Å². The Balaban J connectivity index is 2.19. The summed E-state index contributed by atoms with van der Waals surface area (Å²) in [5, 5.41) is 0. The highest BCUT2D eigenvalue weighted by atomic mass is 14.9. The van der Waals surface area contributed by atoms with Crippen LogP contribution >= 0.6 is 0 Å². The number of hydrogen-bond acceptors (Lipinski definition) is 3. The molecule has 4 N–H and O–H groups in total. The Morgan fingerprint density at radius 3 is 2.17 bits per heavy atom. The summed E-state index contributed by atoms with van der Waals surface area (Å²) in [6.07, 6.45) is 2.14. The molecule has 1 heterocycles. The normalized spacial score (nSPS) is 11.4. The van der Waals surface area contributed by atoms with Crippen molar-refractivity contribution in [3.63, 3.8) is 0 Å². The molecule has 0 saturated heterocycles. The molecule has 0 aliphatic carbocycles. The van der Waals surface area contributed by atoms with E-state index in [-0.39, 0.29) is 0 Å². The molecule has 0 saturated carbocycles. The zero-order valence-electron chi connectivity index (χ0n) is 13.0. The lowest BCUT2D eigenvalue weighted by molar-refractivity contribution is 1.33. The average Bonchev–Trinajstić information content (AvgIpc) is 2.52. The van der Waals surface area contributed by atoms with Crippen LogP contribution in [0.15, 0.2) is 66.7 Å². The Bertz CT molecular complexity index is 832. The molecule has 0 atom stereocenters. The van der Waals surface area contributed by atoms with Gasteiger partial charge >= 0.3 is 0 Å². The van der Waals surface area contributed by atoms with Gasteiger partial charge in [-0.15, -0.1) is 0 Å². The van der Waals surface area contributed by atoms with Crippen molar-refractivity contribution < 1.29 is 0 Å². The minimum Gasteiger partial charge on any atom is -0.384 e. The van der Waals surface area contributed by atoms with Gasteiger partial charge in [0, 0.05) is 0 Å². The van der Waals surface area contributed by atoms with Crippen LogP contribution in [0.25, 0.3) is 11.6 Å². The third-order valence-electron chi connectivity index (χ3n) is 3.62. The molecule has 3 heteroatoms. The summed E-state index contributed by atoms with van der Waals surface area (Å²) in [6, 6.07) is 22.3. The molecule has 0 unspecified atom stereocenters. The van der Waals surface area contributed by atoms with E-state index >= 15 is 0 Å². The van der Waals surface area contributed by atoms with Gasteiger partial charge in [0.2, 0.25) is 0 Å². The molecular weight excluding hydrogens is 282 g/mol. The Kier molecular flexibility index (Phi) is 4.11. The Labute approximate surface area is 136 Å². The van der Waals surface area contributed by atoms with E-state index in [1.807, 2.05) is 30.3 Å². The number of aromatic nitrogens is 1. The molecule has 0 radical (unpaired) electrons. The second kappa shape index (κ2) is 6.36. The van der Waals surface area contributed by atoms with E-state index in [0.717, 1.165) is 22.3 Å². The zero-order valence-corrected chi connectivity index (χ0v) is 13.0. The fourth-order valence-electron chi connectivity index (χ4n) is 2.59. The maximum Gasteiger partial charge on any atom is 0.126 e. The van der Waals surface area contributed by atoms with Gasteiger partial charge in [0.25, 0.3) is 0 Å². The highest BCUT2D eigenvalue weighted by Gasteiger charge is 2.08. The van der Waals surface area contributed by atoms with Crippen LogP contribution in [0.2, 0.25) is 0 Å². The van der Waals surface area contributed by atoms with Crippen molar-refractivity contribution >= 4 is 23.3 Å². The topological polar surface area (TPSA) is 64.9 Å². The predicted molar refractivity (Wildman–Crippen MR) is 97.7 cm³/mol. The summed E-state index contributed by atoms with van der Waals surface area (Å²) in [5.74, 6) is 0.846. The SMILES string of the molecule is Cc1cccc(C(=Cc2ccccc2)c2cc(N)nc(N)c2)c1. The molecule has 0 spiro atoms. The molecule has 0 aliphatic rings. The van der Waals surface area contributed by atoms with Crippen molar-refractivity contribution in [2.75, 3.05) is 11.5 Å². The largest absolute Gasteiger partial charge is 0.384 e. The number of benzene rings is 2. The van der Waals surface area contributed by atoms with Crippen LogP contribution in [-0.2, 0) is 0 Å². The van der Waals surface area contributed by atoms with Crippen molar-refractivity contribution in [2.45, 2.75) is 6.92 Å². The summed E-state index contributed by atoms with van der Waals surface area (Å²) >= 11 is 0. The second-order valence-electron chi connectivity index (χ2n) is 5.54. The zero-order chi connectivity index (χ0) is 16.2. The summed E-state index contributed by atoms with van der Waals surface area (Å²) in [5.41, 5.74) is 17.2. The van der Waals surface area contributed by atoms with Gasteiger partial charge < -0.3 is 11.5 Å². The molecular formula is C20H19N3. The predicted octanol–water partition coefficient (Wildman–Crippen LogP) is 4.14. The maximum atomic E-state index is 5.88. The van der Waals surface area contributed by atoms with Crippen LogP contribution in [0, 0.1) is 6.92 Å². The molecule has 0 fully saturated rings. The number of nitrogens with zero attached hydrogens (tertiary/aromatic N) is 1. The van der Waals surface area contributed by atoms with Gasteiger partial charge in [0.1, 0.15) is 11.6 Å². The fraction of sp³-hybridized carbons (Fsp3) is 0.0500. The second-order valence-corrected chi connectivity index (χ2v) is 5.54. The van der Waals surface area contributed by atoms with E-state index in [1.165, 1.54) is 5.56 Å². The monoisotopic (exact) mass is 301 g/mol. The van der Waals surface area contributed by atoms with Gasteiger partial charge in [-0.2, -0.15) is 0 Å². The number of nitrogens with two attached hydrogens (primary N) is 2. The summed E-state index contributed by atoms with van der Waals surface area (Å²) in [6.45, 7) is 2.08. The highest BCUT2D eigenvalue weighted by Crippen LogP contribution is 2.28. The molecule has 3 aromatic rings. The molecule has 1 aromatic heterocycles. The number of aryl methyl sites for hydroxylation is 1. The summed E-state index contributed by atoms with van der Waals surface area (Å²) in [7, 11) is 0. The molecule has 0 amide bonds. The Morgan fingerprint density at radius 1 is 0.826 bits per heavy atom. The summed E-state index contributed by atoms with van der Waals surface area (Å²) in [4.78, 5) is 4.06. The lowest BCUT2D eigenvalue weighted by Gasteiger charge is -2.11. The van der Waals surface area contributed by atoms with Gasteiger partial charge in [-0.25, -0.2) is 4.98 Å². The Hall–Kier alpha value is -3.07. The molecule has 3 rings (SSSR count). The van der Waals surface area contributed by atoms with E-state index in [9.17, 15) is 0 Å². The van der Waals surface area contributed by atoms with Gasteiger partial charge in [0.05, 0.1) is 0 Å². The van der Waals surface area contributed by atoms with Gasteiger partial charge in [-0.1, -0.05) is 60.2 Å². The quantitative estimate of drug-likeness (QED) is 0.714. The number of rotatable bonds is 3. The molecule has 0 bridgehead atoms. The third-order valence-corrected chi connectivity index (χ3v) is 3.62. The van der Waals surface area contributed by atoms with E-state index < -0.39 is 0 Å². The minimum absolute atomic E-state index is 0.423. The average molecular weight is 301 g/mol. The van der Waals surface area contributed by atoms with E-state index in [2.05, 4.69) is 54.4 Å². The van der Waals surface area contributed by atoms with E-state index in [0.29, 0.717) is 11.6 Å². The minimum atomic E-state index is 0.423. The summed E-state index contributed by atoms with van der Waals surface area (Å²) < 4.78 is 0. The van der Waals surface area contributed by atoms with Gasteiger partial charge in [0.15, 0.2) is 0 Å². The number of anilines is 2. The maximum absolute atomic E-state index is 5.88. The van der Waals surface area contributed by atoms with Crippen LogP contribution in [0.5, 0.6) is 0 Å². The van der Waals surface area contributed by atoms with Crippen molar-refractivity contribution in [2.24, 2.45) is 0 Å². The standard InChI is InChI=1S/C20H19N3/c1-14-6-5-9-16(10-14)18(11-15-7-3-2-4-8-15)17-12-19(21)23-20(22)13-17/h2-13H,1H3,(H4,21,22,23). The van der Waals surface area contributed by atoms with Crippen LogP contribution in [0.3, 0.4) is 0 Å². The first-order valence-corrected chi connectivity index (χ1v) is 7.49. The van der Waals surface area contributed by atoms with Crippen molar-refractivity contribution in [1.29, 1.82) is 0 Å². The number of hydrogen-bond donors (Lipinski definition) is 2. The molecule has 0 aliphatic heterocycles. The van der Waals surface area contributed by atoms with Crippen LogP contribution in [-0.4, -0.2) is 4.98 Å². The van der Waals surface area contributed by atoms with Crippen molar-refractivity contribution in [3.8, 4) is 0 Å². The first kappa shape index (κ1) is 14.9. The lowest BCUT2D eigenvalue weighted by atomic mass is 9.95. The first-order valence-electron chi connectivity index (χ1n) is 7.49.